The van der Waals surface area contributed by atoms with Gasteiger partial charge in [0.15, 0.2) is 0 Å². The number of carbonyl (C=O) groups is 3. The lowest BCUT2D eigenvalue weighted by Crippen LogP contribution is -2.43. The molecule has 7 heteroatoms. The molecule has 3 aromatic rings. The van der Waals surface area contributed by atoms with Gasteiger partial charge in [0.05, 0.1) is 0 Å². The van der Waals surface area contributed by atoms with Gasteiger partial charge in [-0.25, -0.2) is 4.79 Å². The van der Waals surface area contributed by atoms with Gasteiger partial charge in [0, 0.05) is 43.3 Å². The number of piperidine rings is 1. The lowest BCUT2D eigenvalue weighted by Gasteiger charge is -2.31. The van der Waals surface area contributed by atoms with Gasteiger partial charge >= 0.3 is 6.03 Å². The molecule has 0 radical (unpaired) electrons. The number of nitrogens with zero attached hydrogens (tertiary/aromatic N) is 1. The summed E-state index contributed by atoms with van der Waals surface area (Å²) in [5.41, 5.74) is 4.51. The molecular weight excluding hydrogens is 464 g/mol. The maximum Gasteiger partial charge on any atom is 0.323 e. The summed E-state index contributed by atoms with van der Waals surface area (Å²) >= 11 is 0. The number of aryl methyl sites for hydroxylation is 2. The van der Waals surface area contributed by atoms with Crippen LogP contribution in [0.25, 0.3) is 0 Å². The molecule has 0 bridgehead atoms. The molecule has 0 aliphatic carbocycles. The first kappa shape index (κ1) is 25.9. The van der Waals surface area contributed by atoms with Crippen LogP contribution in [0.1, 0.15) is 36.0 Å². The summed E-state index contributed by atoms with van der Waals surface area (Å²) in [7, 11) is 0. The molecule has 7 nitrogen and oxygen atoms in total. The first-order chi connectivity index (χ1) is 18.0. The van der Waals surface area contributed by atoms with Crippen molar-refractivity contribution in [2.75, 3.05) is 23.7 Å². The van der Waals surface area contributed by atoms with Gasteiger partial charge < -0.3 is 20.9 Å². The zero-order chi connectivity index (χ0) is 26.0. The summed E-state index contributed by atoms with van der Waals surface area (Å²) < 4.78 is 0. The number of carbonyl (C=O) groups excluding carboxylic acids is 3. The minimum Gasteiger partial charge on any atom is -0.352 e. The highest BCUT2D eigenvalue weighted by atomic mass is 16.2. The van der Waals surface area contributed by atoms with Crippen LogP contribution in [0.4, 0.5) is 16.2 Å². The van der Waals surface area contributed by atoms with Crippen molar-refractivity contribution >= 4 is 29.2 Å². The second-order valence-corrected chi connectivity index (χ2v) is 9.51. The molecule has 192 valence electrons. The van der Waals surface area contributed by atoms with E-state index in [1.807, 2.05) is 90.7 Å². The van der Waals surface area contributed by atoms with E-state index in [0.717, 1.165) is 28.8 Å². The monoisotopic (exact) mass is 498 g/mol. The third kappa shape index (κ3) is 7.93. The van der Waals surface area contributed by atoms with Crippen molar-refractivity contribution in [3.8, 4) is 0 Å². The van der Waals surface area contributed by atoms with Gasteiger partial charge in [-0.15, -0.1) is 0 Å². The Bertz CT molecular complexity index is 1220. The van der Waals surface area contributed by atoms with E-state index < -0.39 is 0 Å². The number of amides is 4. The Labute approximate surface area is 218 Å². The molecule has 4 rings (SSSR count). The molecule has 0 atom stereocenters. The standard InChI is InChI=1S/C30H34N4O3/c1-22-7-5-11-26(19-22)32-30(37)33-27-12-6-10-24(20-27)21-31-29(36)25-15-17-34(18-16-25)28(35)14-13-23-8-3-2-4-9-23/h2-12,19-20,25H,13-18,21H2,1H3,(H,31,36)(H2,32,33,37). The van der Waals surface area contributed by atoms with Crippen LogP contribution >= 0.6 is 0 Å². The van der Waals surface area contributed by atoms with E-state index in [4.69, 9.17) is 0 Å². The summed E-state index contributed by atoms with van der Waals surface area (Å²) in [6.45, 7) is 3.57. The number of nitrogens with one attached hydrogen (secondary N) is 3. The van der Waals surface area contributed by atoms with Gasteiger partial charge in [0.2, 0.25) is 11.8 Å². The Morgan fingerprint density at radius 1 is 0.811 bits per heavy atom. The summed E-state index contributed by atoms with van der Waals surface area (Å²) in [5, 5.41) is 8.68. The first-order valence-corrected chi connectivity index (χ1v) is 12.8. The molecule has 1 aliphatic heterocycles. The minimum atomic E-state index is -0.322. The molecule has 1 saturated heterocycles. The van der Waals surface area contributed by atoms with Crippen molar-refractivity contribution in [1.29, 1.82) is 0 Å². The fourth-order valence-corrected chi connectivity index (χ4v) is 4.55. The van der Waals surface area contributed by atoms with Crippen LogP contribution in [0.15, 0.2) is 78.9 Å². The number of urea groups is 1. The van der Waals surface area contributed by atoms with Crippen LogP contribution < -0.4 is 16.0 Å². The van der Waals surface area contributed by atoms with Gasteiger partial charge in [-0.3, -0.25) is 9.59 Å². The molecule has 1 fully saturated rings. The van der Waals surface area contributed by atoms with Crippen molar-refractivity contribution in [2.45, 2.75) is 39.2 Å². The number of rotatable bonds is 8. The van der Waals surface area contributed by atoms with Gasteiger partial charge in [0.1, 0.15) is 0 Å². The summed E-state index contributed by atoms with van der Waals surface area (Å²) in [6.07, 6.45) is 2.57. The highest BCUT2D eigenvalue weighted by Gasteiger charge is 2.27. The molecule has 4 amide bonds. The number of benzene rings is 3. The molecule has 0 saturated carbocycles. The largest absolute Gasteiger partial charge is 0.352 e. The lowest BCUT2D eigenvalue weighted by molar-refractivity contribution is -0.135. The fraction of sp³-hybridized carbons (Fsp3) is 0.300. The van der Waals surface area contributed by atoms with Gasteiger partial charge in [-0.2, -0.15) is 0 Å². The normalized spacial score (nSPS) is 13.6. The van der Waals surface area contributed by atoms with E-state index >= 15 is 0 Å². The number of likely N-dealkylation sites (tertiary alicyclic amines) is 1. The third-order valence-corrected chi connectivity index (χ3v) is 6.62. The second kappa shape index (κ2) is 12.7. The average molecular weight is 499 g/mol. The number of hydrogen-bond donors (Lipinski definition) is 3. The zero-order valence-electron chi connectivity index (χ0n) is 21.2. The van der Waals surface area contributed by atoms with Crippen LogP contribution in [0.2, 0.25) is 0 Å². The number of hydrogen-bond acceptors (Lipinski definition) is 3. The van der Waals surface area contributed by atoms with E-state index in [9.17, 15) is 14.4 Å². The van der Waals surface area contributed by atoms with Gasteiger partial charge in [-0.05, 0) is 67.1 Å². The molecular formula is C30H34N4O3. The van der Waals surface area contributed by atoms with Crippen LogP contribution in [-0.2, 0) is 22.6 Å². The molecule has 3 N–H and O–H groups in total. The van der Waals surface area contributed by atoms with E-state index in [2.05, 4.69) is 16.0 Å². The van der Waals surface area contributed by atoms with Crippen LogP contribution in [0.5, 0.6) is 0 Å². The van der Waals surface area contributed by atoms with E-state index in [0.29, 0.717) is 44.6 Å². The van der Waals surface area contributed by atoms with Crippen LogP contribution in [0, 0.1) is 12.8 Å². The Morgan fingerprint density at radius 2 is 1.46 bits per heavy atom. The quantitative estimate of drug-likeness (QED) is 0.402. The maximum atomic E-state index is 12.8. The van der Waals surface area contributed by atoms with E-state index in [1.165, 1.54) is 0 Å². The predicted molar refractivity (Wildman–Crippen MR) is 146 cm³/mol. The van der Waals surface area contributed by atoms with E-state index in [-0.39, 0.29) is 23.8 Å². The lowest BCUT2D eigenvalue weighted by atomic mass is 9.95. The smallest absolute Gasteiger partial charge is 0.323 e. The Morgan fingerprint density at radius 3 is 2.16 bits per heavy atom. The van der Waals surface area contributed by atoms with E-state index in [1.54, 1.807) is 0 Å². The van der Waals surface area contributed by atoms with Crippen molar-refractivity contribution in [3.63, 3.8) is 0 Å². The molecule has 3 aromatic carbocycles. The molecule has 1 heterocycles. The molecule has 37 heavy (non-hydrogen) atoms. The highest BCUT2D eigenvalue weighted by molar-refractivity contribution is 5.99. The molecule has 1 aliphatic rings. The molecule has 0 unspecified atom stereocenters. The summed E-state index contributed by atoms with van der Waals surface area (Å²) in [4.78, 5) is 39.6. The Kier molecular flexibility index (Phi) is 8.92. The topological polar surface area (TPSA) is 90.5 Å². The predicted octanol–water partition coefficient (Wildman–Crippen LogP) is 5.13. The minimum absolute atomic E-state index is 0.00642. The van der Waals surface area contributed by atoms with Crippen molar-refractivity contribution in [1.82, 2.24) is 10.2 Å². The Balaban J connectivity index is 1.19. The molecule has 0 aromatic heterocycles. The second-order valence-electron chi connectivity index (χ2n) is 9.51. The fourth-order valence-electron chi connectivity index (χ4n) is 4.55. The third-order valence-electron chi connectivity index (χ3n) is 6.62. The SMILES string of the molecule is Cc1cccc(NC(=O)Nc2cccc(CNC(=O)C3CCN(C(=O)CCc4ccccc4)CC3)c2)c1. The Hall–Kier alpha value is -4.13. The average Bonchev–Trinajstić information content (AvgIpc) is 2.91. The van der Waals surface area contributed by atoms with Crippen molar-refractivity contribution in [3.05, 3.63) is 95.6 Å². The highest BCUT2D eigenvalue weighted by Crippen LogP contribution is 2.19. The van der Waals surface area contributed by atoms with Crippen molar-refractivity contribution < 1.29 is 14.4 Å². The first-order valence-electron chi connectivity index (χ1n) is 12.8. The number of anilines is 2. The van der Waals surface area contributed by atoms with Gasteiger partial charge in [-0.1, -0.05) is 54.6 Å². The zero-order valence-corrected chi connectivity index (χ0v) is 21.2. The van der Waals surface area contributed by atoms with Crippen LogP contribution in [-0.4, -0.2) is 35.8 Å². The summed E-state index contributed by atoms with van der Waals surface area (Å²) in [6, 6.07) is 24.7. The molecule has 0 spiro atoms. The maximum absolute atomic E-state index is 12.8. The van der Waals surface area contributed by atoms with Crippen molar-refractivity contribution in [2.24, 2.45) is 5.92 Å². The summed E-state index contributed by atoms with van der Waals surface area (Å²) in [5.74, 6) is 0.0602. The van der Waals surface area contributed by atoms with Crippen LogP contribution in [0.3, 0.4) is 0 Å². The van der Waals surface area contributed by atoms with Gasteiger partial charge in [0.25, 0.3) is 0 Å².